The van der Waals surface area contributed by atoms with Gasteiger partial charge in [0.1, 0.15) is 5.60 Å². The molecule has 0 spiro atoms. The second kappa shape index (κ2) is 5.85. The number of hydrogen-bond acceptors (Lipinski definition) is 2. The SMILES string of the molecule is CC(CCc1ccccc1)C(=O)OC(C)(C)C. The van der Waals surface area contributed by atoms with Crippen LogP contribution in [0.1, 0.15) is 39.7 Å². The van der Waals surface area contributed by atoms with Gasteiger partial charge in [-0.25, -0.2) is 0 Å². The monoisotopic (exact) mass is 234 g/mol. The summed E-state index contributed by atoms with van der Waals surface area (Å²) in [6, 6.07) is 10.2. The summed E-state index contributed by atoms with van der Waals surface area (Å²) in [4.78, 5) is 11.8. The molecule has 0 aliphatic carbocycles. The van der Waals surface area contributed by atoms with Crippen LogP contribution in [0.15, 0.2) is 30.3 Å². The van der Waals surface area contributed by atoms with E-state index in [2.05, 4.69) is 12.1 Å². The molecule has 0 amide bonds. The van der Waals surface area contributed by atoms with E-state index >= 15 is 0 Å². The summed E-state index contributed by atoms with van der Waals surface area (Å²) in [5.41, 5.74) is 0.876. The molecule has 94 valence electrons. The molecule has 0 saturated heterocycles. The molecule has 1 aromatic rings. The molecule has 0 heterocycles. The third-order valence-corrected chi connectivity index (χ3v) is 2.52. The van der Waals surface area contributed by atoms with E-state index in [1.807, 2.05) is 45.9 Å². The molecule has 1 rings (SSSR count). The van der Waals surface area contributed by atoms with Gasteiger partial charge in [0, 0.05) is 0 Å². The summed E-state index contributed by atoms with van der Waals surface area (Å²) >= 11 is 0. The van der Waals surface area contributed by atoms with Gasteiger partial charge < -0.3 is 4.74 Å². The molecule has 2 heteroatoms. The fraction of sp³-hybridized carbons (Fsp3) is 0.533. The van der Waals surface area contributed by atoms with Crippen LogP contribution in [0.25, 0.3) is 0 Å². The Bertz CT molecular complexity index is 349. The number of ether oxygens (including phenoxy) is 1. The van der Waals surface area contributed by atoms with Crippen molar-refractivity contribution in [1.82, 2.24) is 0 Å². The molecule has 0 fully saturated rings. The lowest BCUT2D eigenvalue weighted by Crippen LogP contribution is -2.27. The molecule has 1 unspecified atom stereocenters. The highest BCUT2D eigenvalue weighted by atomic mass is 16.6. The third-order valence-electron chi connectivity index (χ3n) is 2.52. The van der Waals surface area contributed by atoms with E-state index in [9.17, 15) is 4.79 Å². The maximum atomic E-state index is 11.8. The Balaban J connectivity index is 2.40. The lowest BCUT2D eigenvalue weighted by molar-refractivity contribution is -0.159. The number of aryl methyl sites for hydroxylation is 1. The first-order valence-corrected chi connectivity index (χ1v) is 6.15. The highest BCUT2D eigenvalue weighted by molar-refractivity contribution is 5.72. The molecule has 17 heavy (non-hydrogen) atoms. The largest absolute Gasteiger partial charge is 0.460 e. The Labute approximate surface area is 104 Å². The van der Waals surface area contributed by atoms with Gasteiger partial charge in [0.05, 0.1) is 5.92 Å². The van der Waals surface area contributed by atoms with Crippen LogP contribution in [0.5, 0.6) is 0 Å². The fourth-order valence-electron chi connectivity index (χ4n) is 1.55. The summed E-state index contributed by atoms with van der Waals surface area (Å²) in [5.74, 6) is -0.150. The van der Waals surface area contributed by atoms with Crippen LogP contribution in [0, 0.1) is 5.92 Å². The van der Waals surface area contributed by atoms with Crippen LogP contribution >= 0.6 is 0 Å². The second-order valence-corrected chi connectivity index (χ2v) is 5.46. The van der Waals surface area contributed by atoms with E-state index in [0.717, 1.165) is 12.8 Å². The number of carbonyl (C=O) groups is 1. The molecule has 0 aliphatic heterocycles. The van der Waals surface area contributed by atoms with E-state index in [1.54, 1.807) is 0 Å². The van der Waals surface area contributed by atoms with Crippen molar-refractivity contribution < 1.29 is 9.53 Å². The predicted molar refractivity (Wildman–Crippen MR) is 69.8 cm³/mol. The average Bonchev–Trinajstić information content (AvgIpc) is 2.25. The van der Waals surface area contributed by atoms with Crippen LogP contribution in [0.2, 0.25) is 0 Å². The topological polar surface area (TPSA) is 26.3 Å². The Morgan fingerprint density at radius 3 is 2.35 bits per heavy atom. The first-order valence-electron chi connectivity index (χ1n) is 6.15. The molecular weight excluding hydrogens is 212 g/mol. The summed E-state index contributed by atoms with van der Waals surface area (Å²) < 4.78 is 5.35. The zero-order valence-electron chi connectivity index (χ0n) is 11.2. The van der Waals surface area contributed by atoms with Crippen molar-refractivity contribution in [2.24, 2.45) is 5.92 Å². The highest BCUT2D eigenvalue weighted by Gasteiger charge is 2.21. The van der Waals surface area contributed by atoms with Crippen LogP contribution in [0.4, 0.5) is 0 Å². The molecule has 2 nitrogen and oxygen atoms in total. The van der Waals surface area contributed by atoms with E-state index < -0.39 is 5.60 Å². The zero-order chi connectivity index (χ0) is 12.9. The smallest absolute Gasteiger partial charge is 0.309 e. The minimum absolute atomic E-state index is 0.0468. The fourth-order valence-corrected chi connectivity index (χ4v) is 1.55. The van der Waals surface area contributed by atoms with Gasteiger partial charge in [-0.05, 0) is 39.2 Å². The standard InChI is InChI=1S/C15H22O2/c1-12(14(16)17-15(2,3)4)10-11-13-8-6-5-7-9-13/h5-9,12H,10-11H2,1-4H3. The first-order chi connectivity index (χ1) is 7.88. The summed E-state index contributed by atoms with van der Waals surface area (Å²) in [7, 11) is 0. The quantitative estimate of drug-likeness (QED) is 0.744. The van der Waals surface area contributed by atoms with Crippen LogP contribution in [-0.2, 0) is 16.0 Å². The number of benzene rings is 1. The summed E-state index contributed by atoms with van der Waals surface area (Å²) in [5, 5.41) is 0. The molecule has 0 aromatic heterocycles. The molecule has 1 aromatic carbocycles. The van der Waals surface area contributed by atoms with Gasteiger partial charge in [0.15, 0.2) is 0 Å². The normalized spacial score (nSPS) is 13.2. The minimum Gasteiger partial charge on any atom is -0.460 e. The Morgan fingerprint density at radius 2 is 1.82 bits per heavy atom. The van der Waals surface area contributed by atoms with Gasteiger partial charge in [-0.1, -0.05) is 37.3 Å². The number of rotatable bonds is 4. The Hall–Kier alpha value is -1.31. The van der Waals surface area contributed by atoms with Gasteiger partial charge in [-0.15, -0.1) is 0 Å². The van der Waals surface area contributed by atoms with Gasteiger partial charge in [0.25, 0.3) is 0 Å². The minimum atomic E-state index is -0.391. The first kappa shape index (κ1) is 13.8. The molecule has 0 radical (unpaired) electrons. The van der Waals surface area contributed by atoms with Crippen molar-refractivity contribution in [3.63, 3.8) is 0 Å². The van der Waals surface area contributed by atoms with Crippen molar-refractivity contribution in [2.75, 3.05) is 0 Å². The Kier molecular flexibility index (Phi) is 4.73. The molecule has 1 atom stereocenters. The van der Waals surface area contributed by atoms with Crippen molar-refractivity contribution >= 4 is 5.97 Å². The third kappa shape index (κ3) is 5.53. The van der Waals surface area contributed by atoms with Crippen LogP contribution in [0.3, 0.4) is 0 Å². The van der Waals surface area contributed by atoms with Crippen molar-refractivity contribution in [2.45, 2.75) is 46.1 Å². The second-order valence-electron chi connectivity index (χ2n) is 5.46. The average molecular weight is 234 g/mol. The van der Waals surface area contributed by atoms with E-state index in [-0.39, 0.29) is 11.9 Å². The van der Waals surface area contributed by atoms with Crippen LogP contribution < -0.4 is 0 Å². The van der Waals surface area contributed by atoms with Gasteiger partial charge >= 0.3 is 5.97 Å². The molecule has 0 aliphatic rings. The van der Waals surface area contributed by atoms with E-state index in [0.29, 0.717) is 0 Å². The van der Waals surface area contributed by atoms with E-state index in [4.69, 9.17) is 4.74 Å². The van der Waals surface area contributed by atoms with Crippen molar-refractivity contribution in [3.8, 4) is 0 Å². The van der Waals surface area contributed by atoms with Gasteiger partial charge in [0.2, 0.25) is 0 Å². The lowest BCUT2D eigenvalue weighted by atomic mass is 10.0. The zero-order valence-corrected chi connectivity index (χ0v) is 11.2. The lowest BCUT2D eigenvalue weighted by Gasteiger charge is -2.22. The predicted octanol–water partition coefficient (Wildman–Crippen LogP) is 3.60. The van der Waals surface area contributed by atoms with Gasteiger partial charge in [-0.3, -0.25) is 4.79 Å². The van der Waals surface area contributed by atoms with Gasteiger partial charge in [-0.2, -0.15) is 0 Å². The maximum absolute atomic E-state index is 11.8. The summed E-state index contributed by atoms with van der Waals surface area (Å²) in [6.07, 6.45) is 1.75. The van der Waals surface area contributed by atoms with Crippen molar-refractivity contribution in [1.29, 1.82) is 0 Å². The number of hydrogen-bond donors (Lipinski definition) is 0. The molecular formula is C15H22O2. The Morgan fingerprint density at radius 1 is 1.24 bits per heavy atom. The van der Waals surface area contributed by atoms with E-state index in [1.165, 1.54) is 5.56 Å². The molecule has 0 N–H and O–H groups in total. The molecule has 0 saturated carbocycles. The maximum Gasteiger partial charge on any atom is 0.309 e. The number of esters is 1. The van der Waals surface area contributed by atoms with Crippen molar-refractivity contribution in [3.05, 3.63) is 35.9 Å². The molecule has 0 bridgehead atoms. The number of carbonyl (C=O) groups excluding carboxylic acids is 1. The highest BCUT2D eigenvalue weighted by Crippen LogP contribution is 2.15. The van der Waals surface area contributed by atoms with Crippen LogP contribution in [-0.4, -0.2) is 11.6 Å². The summed E-state index contributed by atoms with van der Waals surface area (Å²) in [6.45, 7) is 7.62.